The van der Waals surface area contributed by atoms with Gasteiger partial charge < -0.3 is 5.11 Å². The predicted octanol–water partition coefficient (Wildman–Crippen LogP) is 5.30. The summed E-state index contributed by atoms with van der Waals surface area (Å²) in [6, 6.07) is 33.8. The molecule has 2 heterocycles. The Morgan fingerprint density at radius 2 is 1.46 bits per heavy atom. The molecule has 1 aliphatic rings. The summed E-state index contributed by atoms with van der Waals surface area (Å²) in [4.78, 5) is 14.3. The van der Waals surface area contributed by atoms with Crippen LogP contribution in [0.5, 0.6) is 0 Å². The second-order valence-electron chi connectivity index (χ2n) is 9.58. The molecule has 1 atom stereocenters. The average Bonchev–Trinajstić information content (AvgIpc) is 3.39. The number of nitrogens with zero attached hydrogens (tertiary/aromatic N) is 3. The van der Waals surface area contributed by atoms with E-state index < -0.39 is 11.6 Å². The van der Waals surface area contributed by atoms with E-state index in [0.717, 1.165) is 17.8 Å². The van der Waals surface area contributed by atoms with E-state index in [1.54, 1.807) is 4.68 Å². The molecule has 1 aliphatic heterocycles. The molecule has 0 bridgehead atoms. The molecule has 5 heteroatoms. The first-order chi connectivity index (χ1) is 18.1. The third kappa shape index (κ3) is 5.06. The van der Waals surface area contributed by atoms with Crippen LogP contribution in [-0.4, -0.2) is 44.8 Å². The molecule has 1 N–H and O–H groups in total. The number of carbonyl (C=O) groups excluding carboxylic acids is 1. The van der Waals surface area contributed by atoms with E-state index in [2.05, 4.69) is 101 Å². The summed E-state index contributed by atoms with van der Waals surface area (Å²) < 4.78 is 1.67. The molecule has 0 saturated carbocycles. The molecule has 0 spiro atoms. The van der Waals surface area contributed by atoms with Gasteiger partial charge in [-0.25, -0.2) is 0 Å². The standard InChI is InChI=1S/C32H33N3O2/c1-2-30(36)24-35-21-18-29(33-35)22-25-23-34(20-19-31(25)37)32(26-12-6-3-7-13-26,27-14-8-4-9-15-27)28-16-10-5-11-17-28/h3-18,21-22,31,37H,2,19-20,23-24H2,1H3/b25-22+. The lowest BCUT2D eigenvalue weighted by molar-refractivity contribution is -0.119. The van der Waals surface area contributed by atoms with E-state index in [0.29, 0.717) is 19.4 Å². The fourth-order valence-electron chi connectivity index (χ4n) is 5.41. The molecule has 188 valence electrons. The third-order valence-electron chi connectivity index (χ3n) is 7.25. The first-order valence-electron chi connectivity index (χ1n) is 13.0. The minimum absolute atomic E-state index is 0.143. The molecule has 1 saturated heterocycles. The van der Waals surface area contributed by atoms with Crippen molar-refractivity contribution in [2.24, 2.45) is 0 Å². The number of likely N-dealkylation sites (tertiary alicyclic amines) is 1. The maximum atomic E-state index is 11.9. The first-order valence-corrected chi connectivity index (χ1v) is 13.0. The first kappa shape index (κ1) is 24.9. The van der Waals surface area contributed by atoms with Gasteiger partial charge in [-0.1, -0.05) is 97.9 Å². The molecular formula is C32H33N3O2. The van der Waals surface area contributed by atoms with E-state index in [1.807, 2.05) is 25.3 Å². The second kappa shape index (κ2) is 11.1. The van der Waals surface area contributed by atoms with Crippen LogP contribution >= 0.6 is 0 Å². The molecule has 0 radical (unpaired) electrons. The monoisotopic (exact) mass is 491 g/mol. The van der Waals surface area contributed by atoms with Gasteiger partial charge in [-0.3, -0.25) is 14.4 Å². The number of hydrogen-bond donors (Lipinski definition) is 1. The molecule has 0 amide bonds. The summed E-state index contributed by atoms with van der Waals surface area (Å²) in [7, 11) is 0. The van der Waals surface area contributed by atoms with Crippen molar-refractivity contribution in [3.05, 3.63) is 131 Å². The number of aliphatic hydroxyl groups excluding tert-OH is 1. The maximum absolute atomic E-state index is 11.9. The number of benzene rings is 3. The summed E-state index contributed by atoms with van der Waals surface area (Å²) in [5.41, 5.74) is 4.70. The molecule has 4 aromatic rings. The zero-order valence-electron chi connectivity index (χ0n) is 21.2. The SMILES string of the molecule is CCC(=O)Cn1ccc(/C=C2\CN(C(c3ccccc3)(c3ccccc3)c3ccccc3)CCC2O)n1. The number of Topliss-reactive ketones (excluding diaryl/α,β-unsaturated/α-hetero) is 1. The maximum Gasteiger partial charge on any atom is 0.154 e. The number of rotatable bonds is 8. The van der Waals surface area contributed by atoms with Crippen molar-refractivity contribution in [3.8, 4) is 0 Å². The highest BCUT2D eigenvalue weighted by molar-refractivity contribution is 5.77. The lowest BCUT2D eigenvalue weighted by Gasteiger charge is -2.48. The summed E-state index contributed by atoms with van der Waals surface area (Å²) in [6.45, 7) is 3.45. The fraction of sp³-hybridized carbons (Fsp3) is 0.250. The van der Waals surface area contributed by atoms with Crippen LogP contribution in [0.4, 0.5) is 0 Å². The van der Waals surface area contributed by atoms with E-state index >= 15 is 0 Å². The lowest BCUT2D eigenvalue weighted by Crippen LogP contribution is -2.52. The van der Waals surface area contributed by atoms with Crippen molar-refractivity contribution in [3.63, 3.8) is 0 Å². The zero-order chi connectivity index (χ0) is 25.7. The van der Waals surface area contributed by atoms with E-state index in [-0.39, 0.29) is 12.3 Å². The van der Waals surface area contributed by atoms with Crippen molar-refractivity contribution in [1.82, 2.24) is 14.7 Å². The highest BCUT2D eigenvalue weighted by Gasteiger charge is 2.44. The van der Waals surface area contributed by atoms with Crippen molar-refractivity contribution in [1.29, 1.82) is 0 Å². The van der Waals surface area contributed by atoms with Crippen LogP contribution in [-0.2, 0) is 16.9 Å². The minimum Gasteiger partial charge on any atom is -0.389 e. The topological polar surface area (TPSA) is 58.4 Å². The Balaban J connectivity index is 1.60. The summed E-state index contributed by atoms with van der Waals surface area (Å²) in [5, 5.41) is 15.6. The van der Waals surface area contributed by atoms with Crippen molar-refractivity contribution in [2.75, 3.05) is 13.1 Å². The number of hydrogen-bond acceptors (Lipinski definition) is 4. The molecule has 37 heavy (non-hydrogen) atoms. The molecule has 1 unspecified atom stereocenters. The van der Waals surface area contributed by atoms with Gasteiger partial charge in [0.25, 0.3) is 0 Å². The molecule has 3 aromatic carbocycles. The van der Waals surface area contributed by atoms with Crippen LogP contribution in [0.3, 0.4) is 0 Å². The van der Waals surface area contributed by atoms with Crippen LogP contribution in [0, 0.1) is 0 Å². The molecule has 5 nitrogen and oxygen atoms in total. The number of aromatic nitrogens is 2. The number of ketones is 1. The normalized spacial score (nSPS) is 17.7. The van der Waals surface area contributed by atoms with Gasteiger partial charge in [-0.15, -0.1) is 0 Å². The molecule has 1 fully saturated rings. The Morgan fingerprint density at radius 3 is 1.97 bits per heavy atom. The van der Waals surface area contributed by atoms with Gasteiger partial charge in [0.05, 0.1) is 23.9 Å². The number of piperidine rings is 1. The largest absolute Gasteiger partial charge is 0.389 e. The Bertz CT molecular complexity index is 1250. The van der Waals surface area contributed by atoms with E-state index in [9.17, 15) is 9.90 Å². The van der Waals surface area contributed by atoms with Gasteiger partial charge in [0.15, 0.2) is 5.78 Å². The van der Waals surface area contributed by atoms with Crippen LogP contribution in [0.25, 0.3) is 6.08 Å². The van der Waals surface area contributed by atoms with Crippen molar-refractivity contribution < 1.29 is 9.90 Å². The average molecular weight is 492 g/mol. The Labute approximate surface area is 218 Å². The zero-order valence-corrected chi connectivity index (χ0v) is 21.2. The molecule has 5 rings (SSSR count). The lowest BCUT2D eigenvalue weighted by atomic mass is 9.74. The quantitative estimate of drug-likeness (QED) is 0.340. The number of aliphatic hydroxyl groups is 1. The van der Waals surface area contributed by atoms with Gasteiger partial charge in [0.1, 0.15) is 0 Å². The second-order valence-corrected chi connectivity index (χ2v) is 9.58. The molecular weight excluding hydrogens is 458 g/mol. The van der Waals surface area contributed by atoms with Crippen molar-refractivity contribution >= 4 is 11.9 Å². The van der Waals surface area contributed by atoms with Crippen molar-refractivity contribution in [2.45, 2.75) is 38.0 Å². The smallest absolute Gasteiger partial charge is 0.154 e. The summed E-state index contributed by atoms with van der Waals surface area (Å²) in [6.07, 6.45) is 4.38. The third-order valence-corrected chi connectivity index (χ3v) is 7.25. The van der Waals surface area contributed by atoms with Crippen LogP contribution < -0.4 is 0 Å². The highest BCUT2D eigenvalue weighted by atomic mass is 16.3. The minimum atomic E-state index is -0.543. The molecule has 0 aliphatic carbocycles. The predicted molar refractivity (Wildman–Crippen MR) is 147 cm³/mol. The van der Waals surface area contributed by atoms with Gasteiger partial charge >= 0.3 is 0 Å². The van der Waals surface area contributed by atoms with Gasteiger partial charge in [0, 0.05) is 25.7 Å². The fourth-order valence-corrected chi connectivity index (χ4v) is 5.41. The van der Waals surface area contributed by atoms with Crippen LogP contribution in [0.15, 0.2) is 109 Å². The number of carbonyl (C=O) groups is 1. The molecule has 1 aromatic heterocycles. The highest BCUT2D eigenvalue weighted by Crippen LogP contribution is 2.44. The summed E-state index contributed by atoms with van der Waals surface area (Å²) >= 11 is 0. The van der Waals surface area contributed by atoms with Gasteiger partial charge in [-0.05, 0) is 40.8 Å². The Morgan fingerprint density at radius 1 is 0.919 bits per heavy atom. The van der Waals surface area contributed by atoms with Gasteiger partial charge in [0.2, 0.25) is 0 Å². The Hall–Kier alpha value is -3.80. The van der Waals surface area contributed by atoms with E-state index in [4.69, 9.17) is 0 Å². The van der Waals surface area contributed by atoms with Crippen LogP contribution in [0.2, 0.25) is 0 Å². The summed E-state index contributed by atoms with van der Waals surface area (Å²) in [5.74, 6) is 0.143. The van der Waals surface area contributed by atoms with E-state index in [1.165, 1.54) is 16.7 Å². The Kier molecular flexibility index (Phi) is 7.45. The van der Waals surface area contributed by atoms with Crippen LogP contribution in [0.1, 0.15) is 42.1 Å². The van der Waals surface area contributed by atoms with Gasteiger partial charge in [-0.2, -0.15) is 5.10 Å².